The van der Waals surface area contributed by atoms with Crippen LogP contribution in [-0.2, 0) is 22.6 Å². The van der Waals surface area contributed by atoms with E-state index in [1.807, 2.05) is 74.5 Å². The molecule has 1 N–H and O–H groups in total. The molecular formula is C31H31NO6. The molecule has 0 spiro atoms. The highest BCUT2D eigenvalue weighted by Crippen LogP contribution is 2.42. The molecule has 38 heavy (non-hydrogen) atoms. The van der Waals surface area contributed by atoms with Gasteiger partial charge in [0.1, 0.15) is 23.0 Å². The predicted octanol–water partition coefficient (Wildman–Crippen LogP) is 5.43. The van der Waals surface area contributed by atoms with E-state index in [1.54, 1.807) is 13.2 Å². The number of fused-ring (bicyclic) bond motifs is 1. The Morgan fingerprint density at radius 3 is 2.58 bits per heavy atom. The number of carbonyl (C=O) groups is 2. The number of aryl methyl sites for hydroxylation is 1. The maximum Gasteiger partial charge on any atom is 0.295 e. The molecule has 7 heteroatoms. The number of aliphatic hydroxyl groups excluding tert-OH is 1. The third-order valence-electron chi connectivity index (χ3n) is 6.78. The molecule has 3 aromatic carbocycles. The number of ketones is 1. The summed E-state index contributed by atoms with van der Waals surface area (Å²) in [4.78, 5) is 28.4. The van der Waals surface area contributed by atoms with Crippen molar-refractivity contribution in [3.05, 3.63) is 94.6 Å². The molecule has 1 saturated heterocycles. The number of ether oxygens (including phenoxy) is 3. The van der Waals surface area contributed by atoms with E-state index in [4.69, 9.17) is 14.2 Å². The van der Waals surface area contributed by atoms with Gasteiger partial charge in [0.15, 0.2) is 0 Å². The van der Waals surface area contributed by atoms with E-state index in [1.165, 1.54) is 4.90 Å². The first-order valence-corrected chi connectivity index (χ1v) is 12.8. The molecule has 1 atom stereocenters. The Labute approximate surface area is 222 Å². The third-order valence-corrected chi connectivity index (χ3v) is 6.78. The standard InChI is InChI=1S/C31H31NO6/c1-19(2)38-25-8-4-6-22(17-25)28-27(29(33)23-11-14-26-21(16-23)7-5-15-37-26)30(34)31(35)32(28)18-20-9-12-24(36-3)13-10-20/h4,6,8-14,16-17,19,28,33H,5,7,15,18H2,1-3H3/b29-27-. The van der Waals surface area contributed by atoms with E-state index < -0.39 is 17.7 Å². The first-order chi connectivity index (χ1) is 18.4. The van der Waals surface area contributed by atoms with Crippen molar-refractivity contribution in [1.29, 1.82) is 0 Å². The van der Waals surface area contributed by atoms with E-state index in [2.05, 4.69) is 0 Å². The van der Waals surface area contributed by atoms with E-state index >= 15 is 0 Å². The van der Waals surface area contributed by atoms with Gasteiger partial charge in [-0.1, -0.05) is 24.3 Å². The van der Waals surface area contributed by atoms with Crippen molar-refractivity contribution < 1.29 is 28.9 Å². The molecule has 0 radical (unpaired) electrons. The van der Waals surface area contributed by atoms with Crippen LogP contribution in [0.15, 0.2) is 72.3 Å². The van der Waals surface area contributed by atoms with Crippen LogP contribution in [0.1, 0.15) is 48.6 Å². The Bertz CT molecular complexity index is 1390. The Hall–Kier alpha value is -4.26. The van der Waals surface area contributed by atoms with Gasteiger partial charge < -0.3 is 24.2 Å². The van der Waals surface area contributed by atoms with Crippen LogP contribution in [0.2, 0.25) is 0 Å². The Morgan fingerprint density at radius 2 is 1.84 bits per heavy atom. The number of rotatable bonds is 7. The molecule has 196 valence electrons. The van der Waals surface area contributed by atoms with Gasteiger partial charge in [0.25, 0.3) is 11.7 Å². The number of methoxy groups -OCH3 is 1. The minimum atomic E-state index is -0.792. The Morgan fingerprint density at radius 1 is 1.05 bits per heavy atom. The summed E-state index contributed by atoms with van der Waals surface area (Å²) in [5, 5.41) is 11.5. The number of likely N-dealkylation sites (tertiary alicyclic amines) is 1. The topological polar surface area (TPSA) is 85.3 Å². The van der Waals surface area contributed by atoms with Gasteiger partial charge in [0, 0.05) is 12.1 Å². The number of nitrogens with zero attached hydrogens (tertiary/aromatic N) is 1. The second-order valence-corrected chi connectivity index (χ2v) is 9.79. The molecule has 1 unspecified atom stereocenters. The van der Waals surface area contributed by atoms with Crippen molar-refractivity contribution in [1.82, 2.24) is 4.90 Å². The van der Waals surface area contributed by atoms with E-state index in [0.717, 1.165) is 29.7 Å². The molecule has 0 bridgehead atoms. The summed E-state index contributed by atoms with van der Waals surface area (Å²) in [5.41, 5.74) is 3.02. The van der Waals surface area contributed by atoms with Crippen LogP contribution >= 0.6 is 0 Å². The molecule has 0 aromatic heterocycles. The number of hydrogen-bond donors (Lipinski definition) is 1. The van der Waals surface area contributed by atoms with E-state index in [0.29, 0.717) is 29.2 Å². The van der Waals surface area contributed by atoms with Crippen LogP contribution in [0.25, 0.3) is 5.76 Å². The molecule has 7 nitrogen and oxygen atoms in total. The maximum atomic E-state index is 13.5. The van der Waals surface area contributed by atoms with Gasteiger partial charge in [0.05, 0.1) is 31.4 Å². The second-order valence-electron chi connectivity index (χ2n) is 9.79. The minimum absolute atomic E-state index is 0.0476. The predicted molar refractivity (Wildman–Crippen MR) is 143 cm³/mol. The second kappa shape index (κ2) is 10.6. The number of Topliss-reactive ketones (excluding diaryl/α,β-unsaturated/α-hetero) is 1. The highest BCUT2D eigenvalue weighted by atomic mass is 16.5. The average Bonchev–Trinajstić information content (AvgIpc) is 3.17. The van der Waals surface area contributed by atoms with Crippen molar-refractivity contribution in [2.45, 2.75) is 45.4 Å². The summed E-state index contributed by atoms with van der Waals surface area (Å²) in [6.45, 7) is 4.71. The van der Waals surface area contributed by atoms with Gasteiger partial charge in [-0.15, -0.1) is 0 Å². The maximum absolute atomic E-state index is 13.5. The van der Waals surface area contributed by atoms with Gasteiger partial charge in [-0.3, -0.25) is 9.59 Å². The van der Waals surface area contributed by atoms with Gasteiger partial charge in [-0.25, -0.2) is 0 Å². The lowest BCUT2D eigenvalue weighted by atomic mass is 9.93. The summed E-state index contributed by atoms with van der Waals surface area (Å²) < 4.78 is 16.9. The van der Waals surface area contributed by atoms with Crippen molar-refractivity contribution in [3.63, 3.8) is 0 Å². The smallest absolute Gasteiger partial charge is 0.295 e. The van der Waals surface area contributed by atoms with Gasteiger partial charge in [0.2, 0.25) is 0 Å². The van der Waals surface area contributed by atoms with Crippen LogP contribution in [0.3, 0.4) is 0 Å². The SMILES string of the molecule is COc1ccc(CN2C(=O)C(=O)/C(=C(\O)c3ccc4c(c3)CCCO4)C2c2cccc(OC(C)C)c2)cc1. The molecule has 2 aliphatic rings. The van der Waals surface area contributed by atoms with Crippen LogP contribution in [0.4, 0.5) is 0 Å². The third kappa shape index (κ3) is 4.96. The highest BCUT2D eigenvalue weighted by molar-refractivity contribution is 6.46. The quantitative estimate of drug-likeness (QED) is 0.258. The molecule has 3 aromatic rings. The van der Waals surface area contributed by atoms with Crippen LogP contribution in [0, 0.1) is 0 Å². The number of aliphatic hydroxyl groups is 1. The number of amides is 1. The van der Waals surface area contributed by atoms with Crippen molar-refractivity contribution in [2.24, 2.45) is 0 Å². The summed E-state index contributed by atoms with van der Waals surface area (Å²) in [6.07, 6.45) is 1.65. The molecule has 0 aliphatic carbocycles. The van der Waals surface area contributed by atoms with Crippen molar-refractivity contribution in [3.8, 4) is 17.2 Å². The zero-order chi connectivity index (χ0) is 26.8. The lowest BCUT2D eigenvalue weighted by Gasteiger charge is -2.26. The summed E-state index contributed by atoms with van der Waals surface area (Å²) in [7, 11) is 1.59. The molecular weight excluding hydrogens is 482 g/mol. The zero-order valence-electron chi connectivity index (χ0n) is 21.8. The monoisotopic (exact) mass is 513 g/mol. The van der Waals surface area contributed by atoms with Crippen LogP contribution in [-0.4, -0.2) is 41.5 Å². The molecule has 1 fully saturated rings. The molecule has 5 rings (SSSR count). The van der Waals surface area contributed by atoms with Gasteiger partial charge in [-0.05, 0) is 85.8 Å². The first-order valence-electron chi connectivity index (χ1n) is 12.8. The number of benzene rings is 3. The molecule has 1 amide bonds. The Balaban J connectivity index is 1.61. The Kier molecular flexibility index (Phi) is 7.09. The molecule has 0 saturated carbocycles. The van der Waals surface area contributed by atoms with E-state index in [9.17, 15) is 14.7 Å². The van der Waals surface area contributed by atoms with Crippen LogP contribution in [0.5, 0.6) is 17.2 Å². The van der Waals surface area contributed by atoms with Crippen LogP contribution < -0.4 is 14.2 Å². The molecule has 2 aliphatic heterocycles. The lowest BCUT2D eigenvalue weighted by Crippen LogP contribution is -2.29. The summed E-state index contributed by atoms with van der Waals surface area (Å²) >= 11 is 0. The molecule has 2 heterocycles. The van der Waals surface area contributed by atoms with Crippen molar-refractivity contribution >= 4 is 17.4 Å². The highest BCUT2D eigenvalue weighted by Gasteiger charge is 2.46. The minimum Gasteiger partial charge on any atom is -0.507 e. The van der Waals surface area contributed by atoms with E-state index in [-0.39, 0.29) is 24.0 Å². The fraction of sp³-hybridized carbons (Fsp3) is 0.290. The number of hydrogen-bond acceptors (Lipinski definition) is 6. The van der Waals surface area contributed by atoms with Gasteiger partial charge >= 0.3 is 0 Å². The first kappa shape index (κ1) is 25.4. The summed E-state index contributed by atoms with van der Waals surface area (Å²) in [6, 6.07) is 19.3. The summed E-state index contributed by atoms with van der Waals surface area (Å²) in [5.74, 6) is 0.520. The zero-order valence-corrected chi connectivity index (χ0v) is 21.8. The average molecular weight is 514 g/mol. The van der Waals surface area contributed by atoms with Gasteiger partial charge in [-0.2, -0.15) is 0 Å². The fourth-order valence-electron chi connectivity index (χ4n) is 5.01. The fourth-order valence-corrected chi connectivity index (χ4v) is 5.01. The largest absolute Gasteiger partial charge is 0.507 e. The lowest BCUT2D eigenvalue weighted by molar-refractivity contribution is -0.140. The van der Waals surface area contributed by atoms with Crippen molar-refractivity contribution in [2.75, 3.05) is 13.7 Å². The number of carbonyl (C=O) groups excluding carboxylic acids is 2. The normalized spacial score (nSPS) is 18.3.